The van der Waals surface area contributed by atoms with Crippen LogP contribution in [0.25, 0.3) is 11.5 Å². The summed E-state index contributed by atoms with van der Waals surface area (Å²) >= 11 is 5.96. The van der Waals surface area contributed by atoms with Crippen LogP contribution >= 0.6 is 11.6 Å². The van der Waals surface area contributed by atoms with Gasteiger partial charge >= 0.3 is 0 Å². The lowest BCUT2D eigenvalue weighted by atomic mass is 9.95. The summed E-state index contributed by atoms with van der Waals surface area (Å²) in [6.45, 7) is 1.46. The molecule has 1 saturated carbocycles. The van der Waals surface area contributed by atoms with Crippen LogP contribution in [0.15, 0.2) is 59.0 Å². The molecule has 7 nitrogen and oxygen atoms in total. The molecule has 8 heteroatoms. The Morgan fingerprint density at radius 3 is 2.53 bits per heavy atom. The Morgan fingerprint density at radius 2 is 1.79 bits per heavy atom. The number of amides is 2. The zero-order valence-electron chi connectivity index (χ0n) is 18.9. The van der Waals surface area contributed by atoms with E-state index < -0.39 is 0 Å². The Kier molecular flexibility index (Phi) is 6.63. The molecule has 2 aromatic carbocycles. The van der Waals surface area contributed by atoms with Gasteiger partial charge in [0, 0.05) is 29.7 Å². The molecule has 3 aromatic rings. The number of aromatic nitrogens is 2. The number of halogens is 1. The van der Waals surface area contributed by atoms with E-state index in [-0.39, 0.29) is 23.8 Å². The van der Waals surface area contributed by atoms with Crippen molar-refractivity contribution in [1.29, 1.82) is 0 Å². The number of benzene rings is 2. The SMILES string of the molecule is O=C(Cc1ccccc1)N1CCCC(C(=O)N(Cc2nnc(-c3ccc(Cl)cc3)o2)C2CC2)C1. The molecular formula is C26H27ClN4O3. The Morgan fingerprint density at radius 1 is 1.03 bits per heavy atom. The van der Waals surface area contributed by atoms with E-state index in [0.717, 1.165) is 36.8 Å². The molecule has 2 aliphatic rings. The molecule has 1 atom stereocenters. The second-order valence-electron chi connectivity index (χ2n) is 9.05. The minimum atomic E-state index is -0.201. The van der Waals surface area contributed by atoms with Crippen molar-refractivity contribution >= 4 is 23.4 Å². The summed E-state index contributed by atoms with van der Waals surface area (Å²) in [4.78, 5) is 30.1. The van der Waals surface area contributed by atoms with E-state index in [1.165, 1.54) is 0 Å². The van der Waals surface area contributed by atoms with E-state index in [1.807, 2.05) is 52.3 Å². The maximum atomic E-state index is 13.5. The normalized spacial score (nSPS) is 18.0. The Bertz CT molecular complexity index is 1140. The van der Waals surface area contributed by atoms with Crippen molar-refractivity contribution in [3.63, 3.8) is 0 Å². The predicted molar refractivity (Wildman–Crippen MR) is 128 cm³/mol. The van der Waals surface area contributed by atoms with Gasteiger partial charge in [-0.05, 0) is 55.5 Å². The van der Waals surface area contributed by atoms with Crippen LogP contribution in [-0.2, 0) is 22.6 Å². The average Bonchev–Trinajstić information content (AvgIpc) is 3.61. The van der Waals surface area contributed by atoms with Crippen LogP contribution in [-0.4, -0.2) is 50.9 Å². The molecule has 1 aliphatic heterocycles. The summed E-state index contributed by atoms with van der Waals surface area (Å²) < 4.78 is 5.86. The number of likely N-dealkylation sites (tertiary alicyclic amines) is 1. The molecule has 2 heterocycles. The van der Waals surface area contributed by atoms with Gasteiger partial charge in [-0.2, -0.15) is 0 Å². The first-order valence-electron chi connectivity index (χ1n) is 11.8. The third-order valence-electron chi connectivity index (χ3n) is 6.46. The Labute approximate surface area is 203 Å². The third kappa shape index (κ3) is 5.30. The summed E-state index contributed by atoms with van der Waals surface area (Å²) in [5, 5.41) is 8.96. The van der Waals surface area contributed by atoms with E-state index >= 15 is 0 Å². The molecule has 2 fully saturated rings. The van der Waals surface area contributed by atoms with Gasteiger partial charge < -0.3 is 14.2 Å². The molecule has 2 amide bonds. The largest absolute Gasteiger partial charge is 0.419 e. The summed E-state index contributed by atoms with van der Waals surface area (Å²) in [7, 11) is 0. The van der Waals surface area contributed by atoms with Crippen LogP contribution < -0.4 is 0 Å². The number of piperidine rings is 1. The van der Waals surface area contributed by atoms with Crippen molar-refractivity contribution in [2.45, 2.75) is 44.7 Å². The molecule has 0 spiro atoms. The van der Waals surface area contributed by atoms with Crippen molar-refractivity contribution in [2.75, 3.05) is 13.1 Å². The van der Waals surface area contributed by atoms with Crippen LogP contribution in [0.1, 0.15) is 37.1 Å². The molecular weight excluding hydrogens is 452 g/mol. The van der Waals surface area contributed by atoms with Gasteiger partial charge in [-0.3, -0.25) is 9.59 Å². The molecule has 0 N–H and O–H groups in total. The first-order chi connectivity index (χ1) is 16.6. The van der Waals surface area contributed by atoms with E-state index in [0.29, 0.717) is 42.9 Å². The minimum Gasteiger partial charge on any atom is -0.419 e. The first kappa shape index (κ1) is 22.6. The van der Waals surface area contributed by atoms with Gasteiger partial charge in [0.1, 0.15) is 0 Å². The highest BCUT2D eigenvalue weighted by Gasteiger charge is 2.38. The topological polar surface area (TPSA) is 79.5 Å². The third-order valence-corrected chi connectivity index (χ3v) is 6.71. The van der Waals surface area contributed by atoms with Crippen molar-refractivity contribution in [3.05, 3.63) is 71.1 Å². The maximum absolute atomic E-state index is 13.5. The van der Waals surface area contributed by atoms with Crippen molar-refractivity contribution in [2.24, 2.45) is 5.92 Å². The highest BCUT2D eigenvalue weighted by Crippen LogP contribution is 2.32. The highest BCUT2D eigenvalue weighted by atomic mass is 35.5. The molecule has 1 aliphatic carbocycles. The molecule has 0 radical (unpaired) electrons. The smallest absolute Gasteiger partial charge is 0.247 e. The fourth-order valence-electron chi connectivity index (χ4n) is 4.47. The minimum absolute atomic E-state index is 0.0750. The fourth-order valence-corrected chi connectivity index (χ4v) is 4.59. The lowest BCUT2D eigenvalue weighted by Crippen LogP contribution is -2.47. The van der Waals surface area contributed by atoms with E-state index in [9.17, 15) is 9.59 Å². The van der Waals surface area contributed by atoms with Crippen molar-refractivity contribution in [1.82, 2.24) is 20.0 Å². The zero-order chi connectivity index (χ0) is 23.5. The molecule has 1 saturated heterocycles. The first-order valence-corrected chi connectivity index (χ1v) is 12.1. The van der Waals surface area contributed by atoms with Gasteiger partial charge in [-0.25, -0.2) is 0 Å². The lowest BCUT2D eigenvalue weighted by Gasteiger charge is -2.35. The monoisotopic (exact) mass is 478 g/mol. The Balaban J connectivity index is 1.24. The summed E-state index contributed by atoms with van der Waals surface area (Å²) in [6.07, 6.45) is 3.94. The number of carbonyl (C=O) groups is 2. The Hall–Kier alpha value is -3.19. The number of rotatable bonds is 7. The van der Waals surface area contributed by atoms with Crippen LogP contribution in [0.3, 0.4) is 0 Å². The summed E-state index contributed by atoms with van der Waals surface area (Å²) in [5.74, 6) is 0.771. The molecule has 1 aromatic heterocycles. The summed E-state index contributed by atoms with van der Waals surface area (Å²) in [6, 6.07) is 17.1. The van der Waals surface area contributed by atoms with E-state index in [2.05, 4.69) is 10.2 Å². The molecule has 5 rings (SSSR count). The maximum Gasteiger partial charge on any atom is 0.247 e. The average molecular weight is 479 g/mol. The number of hydrogen-bond acceptors (Lipinski definition) is 5. The van der Waals surface area contributed by atoms with Gasteiger partial charge in [0.25, 0.3) is 0 Å². The fraction of sp³-hybridized carbons (Fsp3) is 0.385. The second-order valence-corrected chi connectivity index (χ2v) is 9.48. The molecule has 1 unspecified atom stereocenters. The molecule has 34 heavy (non-hydrogen) atoms. The van der Waals surface area contributed by atoms with E-state index in [4.69, 9.17) is 16.0 Å². The van der Waals surface area contributed by atoms with Crippen LogP contribution in [0.2, 0.25) is 5.02 Å². The zero-order valence-corrected chi connectivity index (χ0v) is 19.7. The molecule has 176 valence electrons. The van der Waals surface area contributed by atoms with Crippen LogP contribution in [0.4, 0.5) is 0 Å². The number of hydrogen-bond donors (Lipinski definition) is 0. The van der Waals surface area contributed by atoms with Gasteiger partial charge in [0.15, 0.2) is 0 Å². The number of carbonyl (C=O) groups excluding carboxylic acids is 2. The van der Waals surface area contributed by atoms with Crippen molar-refractivity contribution < 1.29 is 14.0 Å². The standard InChI is InChI=1S/C26H27ClN4O3/c27-21-10-8-19(9-11-21)25-29-28-23(34-25)17-31(22-12-13-22)26(33)20-7-4-14-30(16-20)24(32)15-18-5-2-1-3-6-18/h1-3,5-6,8-11,20,22H,4,7,12-17H2. The van der Waals surface area contributed by atoms with Gasteiger partial charge in [0.05, 0.1) is 18.9 Å². The quantitative estimate of drug-likeness (QED) is 0.504. The van der Waals surface area contributed by atoms with Crippen LogP contribution in [0, 0.1) is 5.92 Å². The summed E-state index contributed by atoms with van der Waals surface area (Å²) in [5.41, 5.74) is 1.78. The predicted octanol–water partition coefficient (Wildman–Crippen LogP) is 4.36. The van der Waals surface area contributed by atoms with Crippen molar-refractivity contribution in [3.8, 4) is 11.5 Å². The molecule has 0 bridgehead atoms. The van der Waals surface area contributed by atoms with Crippen LogP contribution in [0.5, 0.6) is 0 Å². The van der Waals surface area contributed by atoms with Gasteiger partial charge in [0.2, 0.25) is 23.6 Å². The van der Waals surface area contributed by atoms with E-state index in [1.54, 1.807) is 12.1 Å². The van der Waals surface area contributed by atoms with Gasteiger partial charge in [-0.1, -0.05) is 41.9 Å². The highest BCUT2D eigenvalue weighted by molar-refractivity contribution is 6.30. The number of nitrogens with zero attached hydrogens (tertiary/aromatic N) is 4. The lowest BCUT2D eigenvalue weighted by molar-refractivity contribution is -0.141. The second kappa shape index (κ2) is 9.97. The van der Waals surface area contributed by atoms with Gasteiger partial charge in [-0.15, -0.1) is 10.2 Å².